The molecule has 1 aromatic heterocycles. The molecule has 0 saturated heterocycles. The summed E-state index contributed by atoms with van der Waals surface area (Å²) in [5.74, 6) is -0.834. The molecule has 1 aromatic rings. The van der Waals surface area contributed by atoms with Crippen molar-refractivity contribution in [2.45, 2.75) is 26.3 Å². The van der Waals surface area contributed by atoms with Crippen molar-refractivity contribution in [3.8, 4) is 0 Å². The normalized spacial score (nSPS) is 10.3. The van der Waals surface area contributed by atoms with Gasteiger partial charge in [-0.05, 0) is 29.0 Å². The first-order valence-electron chi connectivity index (χ1n) is 4.07. The number of aryl methyl sites for hydroxylation is 1. The van der Waals surface area contributed by atoms with Crippen molar-refractivity contribution in [3.63, 3.8) is 0 Å². The van der Waals surface area contributed by atoms with Crippen LogP contribution in [-0.4, -0.2) is 20.9 Å². The smallest absolute Gasteiger partial charge is 0.309 e. The van der Waals surface area contributed by atoms with E-state index in [1.165, 1.54) is 0 Å². The lowest BCUT2D eigenvalue weighted by Crippen LogP contribution is -2.03. The first-order chi connectivity index (χ1) is 6.13. The van der Waals surface area contributed by atoms with E-state index in [-0.39, 0.29) is 6.42 Å². The summed E-state index contributed by atoms with van der Waals surface area (Å²) >= 11 is 2.11. The van der Waals surface area contributed by atoms with E-state index in [4.69, 9.17) is 5.11 Å². The number of carbonyl (C=O) groups is 1. The highest BCUT2D eigenvalue weighted by molar-refractivity contribution is 14.1. The maximum atomic E-state index is 10.4. The minimum atomic E-state index is -0.834. The van der Waals surface area contributed by atoms with Crippen molar-refractivity contribution in [1.29, 1.82) is 0 Å². The minimum absolute atomic E-state index is 0.00892. The van der Waals surface area contributed by atoms with Crippen LogP contribution >= 0.6 is 22.6 Å². The van der Waals surface area contributed by atoms with Gasteiger partial charge in [-0.3, -0.25) is 9.48 Å². The number of rotatable bonds is 4. The molecule has 0 aliphatic heterocycles. The van der Waals surface area contributed by atoms with Gasteiger partial charge in [0.05, 0.1) is 15.7 Å². The molecule has 0 spiro atoms. The Morgan fingerprint density at radius 2 is 2.46 bits per heavy atom. The molecule has 0 atom stereocenters. The Balaban J connectivity index is 2.77. The molecule has 0 radical (unpaired) electrons. The monoisotopic (exact) mass is 294 g/mol. The summed E-state index contributed by atoms with van der Waals surface area (Å²) < 4.78 is 2.72. The molecule has 0 unspecified atom stereocenters. The summed E-state index contributed by atoms with van der Waals surface area (Å²) in [6.07, 6.45) is 2.89. The fraction of sp³-hybridized carbons (Fsp3) is 0.500. The molecule has 5 heteroatoms. The van der Waals surface area contributed by atoms with Gasteiger partial charge in [0, 0.05) is 12.7 Å². The molecule has 0 bridgehead atoms. The second-order valence-electron chi connectivity index (χ2n) is 2.76. The Morgan fingerprint density at radius 3 is 3.00 bits per heavy atom. The van der Waals surface area contributed by atoms with Crippen molar-refractivity contribution in [1.82, 2.24) is 9.78 Å². The van der Waals surface area contributed by atoms with E-state index in [0.29, 0.717) is 5.69 Å². The fourth-order valence-corrected chi connectivity index (χ4v) is 1.66. The second-order valence-corrected chi connectivity index (χ2v) is 3.92. The Labute approximate surface area is 90.1 Å². The quantitative estimate of drug-likeness (QED) is 0.857. The maximum Gasteiger partial charge on any atom is 0.309 e. The third-order valence-electron chi connectivity index (χ3n) is 1.56. The van der Waals surface area contributed by atoms with Crippen LogP contribution in [0.15, 0.2) is 6.20 Å². The number of hydrogen-bond donors (Lipinski definition) is 1. The first-order valence-corrected chi connectivity index (χ1v) is 5.15. The van der Waals surface area contributed by atoms with Crippen LogP contribution in [0.1, 0.15) is 19.0 Å². The van der Waals surface area contributed by atoms with Crippen molar-refractivity contribution >= 4 is 28.6 Å². The molecule has 13 heavy (non-hydrogen) atoms. The second kappa shape index (κ2) is 4.59. The summed E-state index contributed by atoms with van der Waals surface area (Å²) in [6.45, 7) is 2.90. The van der Waals surface area contributed by atoms with Gasteiger partial charge in [-0.25, -0.2) is 0 Å². The van der Waals surface area contributed by atoms with Gasteiger partial charge in [0.1, 0.15) is 0 Å². The van der Waals surface area contributed by atoms with Gasteiger partial charge in [-0.2, -0.15) is 5.10 Å². The molecule has 1 rings (SSSR count). The van der Waals surface area contributed by atoms with Crippen LogP contribution in [0, 0.1) is 3.57 Å². The van der Waals surface area contributed by atoms with Crippen LogP contribution in [0.3, 0.4) is 0 Å². The summed E-state index contributed by atoms with van der Waals surface area (Å²) in [6, 6.07) is 0. The van der Waals surface area contributed by atoms with Gasteiger partial charge in [0.25, 0.3) is 0 Å². The SMILES string of the molecule is CCCn1cc(I)c(CC(=O)O)n1. The average Bonchev–Trinajstić information content (AvgIpc) is 2.31. The third kappa shape index (κ3) is 2.98. The van der Waals surface area contributed by atoms with E-state index in [1.54, 1.807) is 4.68 Å². The number of aromatic nitrogens is 2. The number of aliphatic carboxylic acids is 1. The number of hydrogen-bond acceptors (Lipinski definition) is 2. The van der Waals surface area contributed by atoms with Gasteiger partial charge in [-0.15, -0.1) is 0 Å². The van der Waals surface area contributed by atoms with Crippen LogP contribution < -0.4 is 0 Å². The van der Waals surface area contributed by atoms with E-state index in [2.05, 4.69) is 34.6 Å². The Kier molecular flexibility index (Phi) is 3.71. The molecule has 0 saturated carbocycles. The number of carboxylic acid groups (broad SMARTS) is 1. The predicted molar refractivity (Wildman–Crippen MR) is 56.6 cm³/mol. The number of nitrogens with zero attached hydrogens (tertiary/aromatic N) is 2. The Hall–Kier alpha value is -0.590. The van der Waals surface area contributed by atoms with E-state index in [9.17, 15) is 4.79 Å². The molecule has 0 aromatic carbocycles. The van der Waals surface area contributed by atoms with Crippen molar-refractivity contribution in [2.24, 2.45) is 0 Å². The minimum Gasteiger partial charge on any atom is -0.481 e. The highest BCUT2D eigenvalue weighted by Gasteiger charge is 2.09. The van der Waals surface area contributed by atoms with Crippen molar-refractivity contribution in [3.05, 3.63) is 15.5 Å². The average molecular weight is 294 g/mol. The van der Waals surface area contributed by atoms with E-state index < -0.39 is 5.97 Å². The highest BCUT2D eigenvalue weighted by atomic mass is 127. The molecule has 0 aliphatic carbocycles. The largest absolute Gasteiger partial charge is 0.481 e. The third-order valence-corrected chi connectivity index (χ3v) is 2.46. The number of carboxylic acids is 1. The lowest BCUT2D eigenvalue weighted by Gasteiger charge is -1.94. The van der Waals surface area contributed by atoms with Crippen LogP contribution in [0.2, 0.25) is 0 Å². The first kappa shape index (κ1) is 10.5. The number of halogens is 1. The Morgan fingerprint density at radius 1 is 1.77 bits per heavy atom. The molecule has 0 aliphatic rings. The van der Waals surface area contributed by atoms with E-state index in [0.717, 1.165) is 16.5 Å². The summed E-state index contributed by atoms with van der Waals surface area (Å²) in [4.78, 5) is 10.4. The lowest BCUT2D eigenvalue weighted by molar-refractivity contribution is -0.136. The summed E-state index contributed by atoms with van der Waals surface area (Å²) in [5, 5.41) is 12.7. The van der Waals surface area contributed by atoms with Gasteiger partial charge < -0.3 is 5.11 Å². The zero-order valence-corrected chi connectivity index (χ0v) is 9.48. The Bertz CT molecular complexity index is 309. The highest BCUT2D eigenvalue weighted by Crippen LogP contribution is 2.11. The predicted octanol–water partition coefficient (Wildman–Crippen LogP) is 1.52. The zero-order chi connectivity index (χ0) is 9.84. The molecule has 0 fully saturated rings. The van der Waals surface area contributed by atoms with Gasteiger partial charge in [0.15, 0.2) is 0 Å². The van der Waals surface area contributed by atoms with Crippen LogP contribution in [-0.2, 0) is 17.8 Å². The van der Waals surface area contributed by atoms with E-state index in [1.807, 2.05) is 6.20 Å². The molecular formula is C8H11IN2O2. The molecule has 0 amide bonds. The lowest BCUT2D eigenvalue weighted by atomic mass is 10.3. The van der Waals surface area contributed by atoms with Gasteiger partial charge >= 0.3 is 5.97 Å². The molecule has 1 N–H and O–H groups in total. The standard InChI is InChI=1S/C8H11IN2O2/c1-2-3-11-5-6(9)7(10-11)4-8(12)13/h5H,2-4H2,1H3,(H,12,13). The molecule has 4 nitrogen and oxygen atoms in total. The van der Waals surface area contributed by atoms with Gasteiger partial charge in [0.2, 0.25) is 0 Å². The molecule has 72 valence electrons. The maximum absolute atomic E-state index is 10.4. The fourth-order valence-electron chi connectivity index (χ4n) is 1.04. The van der Waals surface area contributed by atoms with Crippen LogP contribution in [0.25, 0.3) is 0 Å². The molecular weight excluding hydrogens is 283 g/mol. The summed E-state index contributed by atoms with van der Waals surface area (Å²) in [7, 11) is 0. The zero-order valence-electron chi connectivity index (χ0n) is 7.33. The van der Waals surface area contributed by atoms with Gasteiger partial charge in [-0.1, -0.05) is 6.92 Å². The van der Waals surface area contributed by atoms with E-state index >= 15 is 0 Å². The van der Waals surface area contributed by atoms with Crippen molar-refractivity contribution < 1.29 is 9.90 Å². The molecule has 1 heterocycles. The van der Waals surface area contributed by atoms with Crippen LogP contribution in [0.5, 0.6) is 0 Å². The summed E-state index contributed by atoms with van der Waals surface area (Å²) in [5.41, 5.74) is 0.654. The topological polar surface area (TPSA) is 55.1 Å². The van der Waals surface area contributed by atoms with Crippen LogP contribution in [0.4, 0.5) is 0 Å². The van der Waals surface area contributed by atoms with Crippen molar-refractivity contribution in [2.75, 3.05) is 0 Å².